The van der Waals surface area contributed by atoms with Gasteiger partial charge in [-0.1, -0.05) is 13.2 Å². The third kappa shape index (κ3) is 5.04. The molecule has 0 aromatic carbocycles. The van der Waals surface area contributed by atoms with Crippen LogP contribution in [0.5, 0.6) is 0 Å². The number of rotatable bonds is 2. The van der Waals surface area contributed by atoms with E-state index in [1.54, 1.807) is 0 Å². The average molecular weight is 216 g/mol. The molecule has 0 unspecified atom stereocenters. The highest BCUT2D eigenvalue weighted by atomic mass is 32.2. The van der Waals surface area contributed by atoms with Crippen LogP contribution in [0.15, 0.2) is 36.1 Å². The Balaban J connectivity index is 0.000000241. The van der Waals surface area contributed by atoms with Crippen molar-refractivity contribution in [1.82, 2.24) is 0 Å². The van der Waals surface area contributed by atoms with Crippen molar-refractivity contribution in [1.29, 1.82) is 0 Å². The molecule has 0 saturated heterocycles. The Morgan fingerprint density at radius 2 is 1.43 bits per heavy atom. The molecule has 1 heterocycles. The van der Waals surface area contributed by atoms with E-state index >= 15 is 0 Å². The predicted octanol–water partition coefficient (Wildman–Crippen LogP) is 0.314. The van der Waals surface area contributed by atoms with Crippen LogP contribution < -0.4 is 0 Å². The fourth-order valence-electron chi connectivity index (χ4n) is 0.371. The van der Waals surface area contributed by atoms with E-state index in [1.807, 2.05) is 0 Å². The fraction of sp³-hybridized carbons (Fsp3) is 0. The lowest BCUT2D eigenvalue weighted by Gasteiger charge is -1.80. The molecule has 76 valence electrons. The van der Waals surface area contributed by atoms with Crippen LogP contribution in [0.25, 0.3) is 0 Å². The van der Waals surface area contributed by atoms with Crippen molar-refractivity contribution in [3.05, 3.63) is 36.1 Å². The summed E-state index contributed by atoms with van der Waals surface area (Å²) in [6.07, 6.45) is 2.17. The molecule has 0 amide bonds. The van der Waals surface area contributed by atoms with Crippen LogP contribution in [-0.2, 0) is 24.2 Å². The number of hydrogen-bond donors (Lipinski definition) is 0. The molecule has 1 aliphatic rings. The van der Waals surface area contributed by atoms with Crippen molar-refractivity contribution >= 4 is 21.8 Å². The molecule has 0 radical (unpaired) electrons. The maximum absolute atomic E-state index is 10.1. The number of hydrogen-bond acceptors (Lipinski definition) is 5. The second-order valence-corrected chi connectivity index (χ2v) is 3.84. The summed E-state index contributed by atoms with van der Waals surface area (Å²) >= 11 is 0. The third-order valence-corrected chi connectivity index (χ3v) is 1.95. The number of esters is 2. The van der Waals surface area contributed by atoms with Crippen molar-refractivity contribution in [3.8, 4) is 0 Å². The van der Waals surface area contributed by atoms with Crippen LogP contribution in [0.1, 0.15) is 0 Å². The van der Waals surface area contributed by atoms with Crippen LogP contribution in [-0.4, -0.2) is 20.4 Å². The largest absolute Gasteiger partial charge is 0.387 e. The first kappa shape index (κ1) is 12.3. The Morgan fingerprint density at radius 3 is 1.50 bits per heavy atom. The zero-order chi connectivity index (χ0) is 11.2. The van der Waals surface area contributed by atoms with E-state index in [0.717, 1.165) is 23.0 Å². The molecule has 0 spiro atoms. The number of carbonyl (C=O) groups excluding carboxylic acids is 2. The summed E-state index contributed by atoms with van der Waals surface area (Å²) in [5, 5.41) is 1.69. The van der Waals surface area contributed by atoms with Crippen LogP contribution in [0, 0.1) is 0 Å². The van der Waals surface area contributed by atoms with Crippen LogP contribution in [0.3, 0.4) is 0 Å². The van der Waals surface area contributed by atoms with Gasteiger partial charge in [-0.25, -0.2) is 18.0 Å². The van der Waals surface area contributed by atoms with Gasteiger partial charge in [-0.15, -0.1) is 0 Å². The summed E-state index contributed by atoms with van der Waals surface area (Å²) in [6, 6.07) is 0. The van der Waals surface area contributed by atoms with Crippen molar-refractivity contribution in [3.63, 3.8) is 0 Å². The van der Waals surface area contributed by atoms with Gasteiger partial charge in [-0.05, 0) is 0 Å². The van der Waals surface area contributed by atoms with Crippen molar-refractivity contribution in [2.75, 3.05) is 0 Å². The van der Waals surface area contributed by atoms with Crippen LogP contribution in [0.4, 0.5) is 0 Å². The molecule has 1 rings (SSSR count). The van der Waals surface area contributed by atoms with Gasteiger partial charge >= 0.3 is 11.9 Å². The lowest BCUT2D eigenvalue weighted by Crippen LogP contribution is -1.96. The molecule has 0 aromatic heterocycles. The maximum Gasteiger partial charge on any atom is 0.338 e. The Hall–Kier alpha value is -1.69. The Labute approximate surface area is 81.3 Å². The molecule has 0 saturated carbocycles. The first-order valence-electron chi connectivity index (χ1n) is 3.35. The van der Waals surface area contributed by atoms with E-state index in [1.165, 1.54) is 0 Å². The minimum absolute atomic E-state index is 0.579. The second-order valence-electron chi connectivity index (χ2n) is 2.00. The maximum atomic E-state index is 10.1. The molecule has 0 aromatic rings. The zero-order valence-corrected chi connectivity index (χ0v) is 7.99. The van der Waals surface area contributed by atoms with Gasteiger partial charge in [0.25, 0.3) is 0 Å². The van der Waals surface area contributed by atoms with E-state index in [0.29, 0.717) is 0 Å². The Kier molecular flexibility index (Phi) is 4.51. The molecular formula is C8H8O5S. The van der Waals surface area contributed by atoms with Gasteiger partial charge in [0.1, 0.15) is 0 Å². The first-order valence-corrected chi connectivity index (χ1v) is 4.96. The van der Waals surface area contributed by atoms with Gasteiger partial charge in [-0.3, -0.25) is 0 Å². The van der Waals surface area contributed by atoms with Gasteiger partial charge in [0.2, 0.25) is 0 Å². The van der Waals surface area contributed by atoms with E-state index in [9.17, 15) is 18.0 Å². The van der Waals surface area contributed by atoms with E-state index in [-0.39, 0.29) is 0 Å². The molecular weight excluding hydrogens is 208 g/mol. The van der Waals surface area contributed by atoms with Gasteiger partial charge < -0.3 is 4.74 Å². The zero-order valence-electron chi connectivity index (χ0n) is 7.17. The van der Waals surface area contributed by atoms with Crippen LogP contribution in [0.2, 0.25) is 0 Å². The molecule has 6 heteroatoms. The minimum atomic E-state index is -3.13. The topological polar surface area (TPSA) is 77.5 Å². The fourth-order valence-corrected chi connectivity index (χ4v) is 0.507. The standard InChI is InChI=1S/C4H2O3.C4H6O2S/c5-3-1-2-4(6)7-3;1-3-7(5,6)4-2/h1-2H;3-4H,1-2H2. The average Bonchev–Trinajstić information content (AvgIpc) is 2.51. The summed E-state index contributed by atoms with van der Waals surface area (Å²) in [4.78, 5) is 19.8. The predicted molar refractivity (Wildman–Crippen MR) is 49.6 cm³/mol. The molecule has 0 aliphatic carbocycles. The minimum Gasteiger partial charge on any atom is -0.387 e. The summed E-state index contributed by atoms with van der Waals surface area (Å²) in [6.45, 7) is 6.09. The summed E-state index contributed by atoms with van der Waals surface area (Å²) in [5.41, 5.74) is 0. The number of carbonyl (C=O) groups is 2. The van der Waals surface area contributed by atoms with Gasteiger partial charge in [0.05, 0.1) is 0 Å². The number of sulfone groups is 1. The highest BCUT2D eigenvalue weighted by Gasteiger charge is 2.10. The molecule has 0 N–H and O–H groups in total. The molecule has 14 heavy (non-hydrogen) atoms. The number of cyclic esters (lactones) is 2. The highest BCUT2D eigenvalue weighted by Crippen LogP contribution is 1.92. The monoisotopic (exact) mass is 216 g/mol. The Bertz CT molecular complexity index is 358. The van der Waals surface area contributed by atoms with Crippen molar-refractivity contribution in [2.24, 2.45) is 0 Å². The summed E-state index contributed by atoms with van der Waals surface area (Å²) in [5.74, 6) is -1.16. The third-order valence-electron chi connectivity index (χ3n) is 1.02. The quantitative estimate of drug-likeness (QED) is 0.490. The molecule has 5 nitrogen and oxygen atoms in total. The summed E-state index contributed by atoms with van der Waals surface area (Å²) in [7, 11) is -3.13. The molecule has 1 aliphatic heterocycles. The van der Waals surface area contributed by atoms with E-state index in [4.69, 9.17) is 0 Å². The van der Waals surface area contributed by atoms with Gasteiger partial charge in [0, 0.05) is 23.0 Å². The van der Waals surface area contributed by atoms with Crippen molar-refractivity contribution in [2.45, 2.75) is 0 Å². The SMILES string of the molecule is C=CS(=O)(=O)C=C.O=C1C=CC(=O)O1. The molecule has 0 atom stereocenters. The highest BCUT2D eigenvalue weighted by molar-refractivity contribution is 7.97. The first-order chi connectivity index (χ1) is 6.41. The van der Waals surface area contributed by atoms with E-state index in [2.05, 4.69) is 17.9 Å². The molecule has 0 bridgehead atoms. The van der Waals surface area contributed by atoms with E-state index < -0.39 is 21.8 Å². The van der Waals surface area contributed by atoms with Crippen molar-refractivity contribution < 1.29 is 22.7 Å². The number of ether oxygens (including phenoxy) is 1. The normalized spacial score (nSPS) is 14.0. The summed E-state index contributed by atoms with van der Waals surface area (Å²) < 4.78 is 24.2. The molecule has 0 fully saturated rings. The lowest BCUT2D eigenvalue weighted by molar-refractivity contribution is -0.150. The smallest absolute Gasteiger partial charge is 0.338 e. The second kappa shape index (κ2) is 5.13. The lowest BCUT2D eigenvalue weighted by atomic mass is 10.6. The Morgan fingerprint density at radius 1 is 1.07 bits per heavy atom. The van der Waals surface area contributed by atoms with Gasteiger partial charge in [0.15, 0.2) is 9.84 Å². The van der Waals surface area contributed by atoms with Gasteiger partial charge in [-0.2, -0.15) is 0 Å². The van der Waals surface area contributed by atoms with Crippen LogP contribution >= 0.6 is 0 Å².